The van der Waals surface area contributed by atoms with Gasteiger partial charge in [-0.1, -0.05) is 30.3 Å². The molecule has 0 bridgehead atoms. The molecule has 0 aliphatic carbocycles. The Labute approximate surface area is 143 Å². The smallest absolute Gasteiger partial charge is 0.257 e. The molecule has 5 nitrogen and oxygen atoms in total. The van der Waals surface area contributed by atoms with Gasteiger partial charge < -0.3 is 10.2 Å². The molecular weight excluding hydrogens is 312 g/mol. The molecule has 1 fully saturated rings. The Bertz CT molecular complexity index is 656. The molecule has 1 atom stereocenters. The lowest BCUT2D eigenvalue weighted by Gasteiger charge is -2.33. The second-order valence-electron chi connectivity index (χ2n) is 5.84. The molecule has 3 rings (SSSR count). The van der Waals surface area contributed by atoms with E-state index in [0.717, 1.165) is 25.3 Å². The molecule has 1 aliphatic heterocycles. The first-order chi connectivity index (χ1) is 10.7. The van der Waals surface area contributed by atoms with Gasteiger partial charge in [-0.3, -0.25) is 9.48 Å². The van der Waals surface area contributed by atoms with Crippen molar-refractivity contribution < 1.29 is 4.79 Å². The monoisotopic (exact) mass is 334 g/mol. The molecule has 1 aromatic heterocycles. The van der Waals surface area contributed by atoms with Gasteiger partial charge in [0, 0.05) is 31.4 Å². The zero-order valence-electron chi connectivity index (χ0n) is 13.5. The standard InChI is InChI=1S/C17H22N4O.ClH/c1-13-10-18-8-9-20(13)17(22)16-11-19-21(14(16)2)12-15-6-4-3-5-7-15;/h3-7,11,13,18H,8-10,12H2,1-2H3;1H. The summed E-state index contributed by atoms with van der Waals surface area (Å²) in [4.78, 5) is 14.7. The molecule has 1 saturated heterocycles. The van der Waals surface area contributed by atoms with E-state index in [2.05, 4.69) is 29.5 Å². The quantitative estimate of drug-likeness (QED) is 0.935. The molecule has 2 aromatic rings. The largest absolute Gasteiger partial charge is 0.333 e. The number of amides is 1. The van der Waals surface area contributed by atoms with Crippen LogP contribution >= 0.6 is 12.4 Å². The summed E-state index contributed by atoms with van der Waals surface area (Å²) in [5, 5.41) is 7.71. The third-order valence-electron chi connectivity index (χ3n) is 4.27. The number of halogens is 1. The molecule has 1 unspecified atom stereocenters. The van der Waals surface area contributed by atoms with Crippen molar-refractivity contribution in [3.8, 4) is 0 Å². The first-order valence-electron chi connectivity index (χ1n) is 7.75. The summed E-state index contributed by atoms with van der Waals surface area (Å²) >= 11 is 0. The molecule has 0 radical (unpaired) electrons. The van der Waals surface area contributed by atoms with Crippen molar-refractivity contribution in [2.75, 3.05) is 19.6 Å². The molecule has 124 valence electrons. The first-order valence-corrected chi connectivity index (χ1v) is 7.75. The van der Waals surface area contributed by atoms with Gasteiger partial charge in [-0.2, -0.15) is 5.10 Å². The number of rotatable bonds is 3. The lowest BCUT2D eigenvalue weighted by molar-refractivity contribution is 0.0655. The Hall–Kier alpha value is -1.85. The second kappa shape index (κ2) is 7.62. The minimum absolute atomic E-state index is 0. The van der Waals surface area contributed by atoms with Crippen LogP contribution in [-0.4, -0.2) is 46.3 Å². The summed E-state index contributed by atoms with van der Waals surface area (Å²) in [5.74, 6) is 0.0887. The summed E-state index contributed by atoms with van der Waals surface area (Å²) in [6, 6.07) is 10.4. The van der Waals surface area contributed by atoms with Crippen molar-refractivity contribution >= 4 is 18.3 Å². The van der Waals surface area contributed by atoms with Gasteiger partial charge in [0.05, 0.1) is 18.3 Å². The number of benzene rings is 1. The highest BCUT2D eigenvalue weighted by molar-refractivity contribution is 5.95. The van der Waals surface area contributed by atoms with Gasteiger partial charge in [0.1, 0.15) is 0 Å². The van der Waals surface area contributed by atoms with Crippen LogP contribution in [0.3, 0.4) is 0 Å². The van der Waals surface area contributed by atoms with Crippen molar-refractivity contribution in [3.63, 3.8) is 0 Å². The van der Waals surface area contributed by atoms with E-state index in [-0.39, 0.29) is 24.4 Å². The van der Waals surface area contributed by atoms with Gasteiger partial charge in [0.25, 0.3) is 5.91 Å². The minimum atomic E-state index is 0. The fraction of sp³-hybridized carbons (Fsp3) is 0.412. The third kappa shape index (κ3) is 3.74. The zero-order valence-corrected chi connectivity index (χ0v) is 14.3. The van der Waals surface area contributed by atoms with Gasteiger partial charge in [-0.05, 0) is 19.4 Å². The topological polar surface area (TPSA) is 50.2 Å². The number of carbonyl (C=O) groups is 1. The molecule has 1 amide bonds. The van der Waals surface area contributed by atoms with E-state index in [1.165, 1.54) is 5.56 Å². The lowest BCUT2D eigenvalue weighted by Crippen LogP contribution is -2.52. The summed E-state index contributed by atoms with van der Waals surface area (Å²) in [5.41, 5.74) is 2.83. The van der Waals surface area contributed by atoms with Crippen molar-refractivity contribution in [1.82, 2.24) is 20.0 Å². The van der Waals surface area contributed by atoms with E-state index >= 15 is 0 Å². The highest BCUT2D eigenvalue weighted by Gasteiger charge is 2.26. The molecule has 23 heavy (non-hydrogen) atoms. The Morgan fingerprint density at radius 1 is 1.35 bits per heavy atom. The number of nitrogens with zero attached hydrogens (tertiary/aromatic N) is 3. The van der Waals surface area contributed by atoms with E-state index in [0.29, 0.717) is 12.1 Å². The van der Waals surface area contributed by atoms with Crippen LogP contribution in [0.15, 0.2) is 36.5 Å². The number of nitrogens with one attached hydrogen (secondary N) is 1. The van der Waals surface area contributed by atoms with E-state index in [1.54, 1.807) is 6.20 Å². The SMILES string of the molecule is Cc1c(C(=O)N2CCNCC2C)cnn1Cc1ccccc1.Cl. The Balaban J connectivity index is 0.00000192. The summed E-state index contributed by atoms with van der Waals surface area (Å²) < 4.78 is 1.90. The highest BCUT2D eigenvalue weighted by atomic mass is 35.5. The van der Waals surface area contributed by atoms with Crippen molar-refractivity contribution in [1.29, 1.82) is 0 Å². The fourth-order valence-electron chi connectivity index (χ4n) is 2.87. The highest BCUT2D eigenvalue weighted by Crippen LogP contribution is 2.15. The predicted molar refractivity (Wildman–Crippen MR) is 93.1 cm³/mol. The predicted octanol–water partition coefficient (Wildman–Crippen LogP) is 2.10. The molecule has 6 heteroatoms. The van der Waals surface area contributed by atoms with Gasteiger partial charge in [-0.15, -0.1) is 12.4 Å². The number of hydrogen-bond donors (Lipinski definition) is 1. The molecule has 1 aliphatic rings. The summed E-state index contributed by atoms with van der Waals surface area (Å²) in [6.45, 7) is 7.19. The second-order valence-corrected chi connectivity index (χ2v) is 5.84. The van der Waals surface area contributed by atoms with Crippen LogP contribution in [0.25, 0.3) is 0 Å². The average molecular weight is 335 g/mol. The Morgan fingerprint density at radius 3 is 2.78 bits per heavy atom. The van der Waals surface area contributed by atoms with E-state index < -0.39 is 0 Å². The molecule has 1 aromatic carbocycles. The maximum Gasteiger partial charge on any atom is 0.257 e. The maximum absolute atomic E-state index is 12.7. The van der Waals surface area contributed by atoms with E-state index in [4.69, 9.17) is 0 Å². The van der Waals surface area contributed by atoms with Gasteiger partial charge >= 0.3 is 0 Å². The third-order valence-corrected chi connectivity index (χ3v) is 4.27. The van der Waals surface area contributed by atoms with Crippen LogP contribution in [-0.2, 0) is 6.54 Å². The molecule has 1 N–H and O–H groups in total. The molecular formula is C17H23ClN4O. The number of piperazine rings is 1. The van der Waals surface area contributed by atoms with Crippen LogP contribution in [0.1, 0.15) is 28.5 Å². The maximum atomic E-state index is 12.7. The number of aromatic nitrogens is 2. The average Bonchev–Trinajstić information content (AvgIpc) is 2.89. The van der Waals surface area contributed by atoms with Crippen molar-refractivity contribution in [2.45, 2.75) is 26.4 Å². The zero-order chi connectivity index (χ0) is 15.5. The van der Waals surface area contributed by atoms with E-state index in [9.17, 15) is 4.79 Å². The van der Waals surface area contributed by atoms with E-state index in [1.807, 2.05) is 34.7 Å². The van der Waals surface area contributed by atoms with Crippen molar-refractivity contribution in [3.05, 3.63) is 53.3 Å². The van der Waals surface area contributed by atoms with Gasteiger partial charge in [0.15, 0.2) is 0 Å². The normalized spacial score (nSPS) is 17.7. The van der Waals surface area contributed by atoms with Crippen LogP contribution in [0.4, 0.5) is 0 Å². The fourth-order valence-corrected chi connectivity index (χ4v) is 2.87. The van der Waals surface area contributed by atoms with Crippen LogP contribution in [0.2, 0.25) is 0 Å². The molecule has 0 spiro atoms. The number of carbonyl (C=O) groups excluding carboxylic acids is 1. The van der Waals surface area contributed by atoms with Gasteiger partial charge in [-0.25, -0.2) is 0 Å². The summed E-state index contributed by atoms with van der Waals surface area (Å²) in [6.07, 6.45) is 1.70. The molecule has 0 saturated carbocycles. The van der Waals surface area contributed by atoms with Crippen molar-refractivity contribution in [2.24, 2.45) is 0 Å². The Kier molecular flexibility index (Phi) is 5.80. The minimum Gasteiger partial charge on any atom is -0.333 e. The van der Waals surface area contributed by atoms with Crippen LogP contribution in [0.5, 0.6) is 0 Å². The number of hydrogen-bond acceptors (Lipinski definition) is 3. The summed E-state index contributed by atoms with van der Waals surface area (Å²) in [7, 11) is 0. The molecule has 2 heterocycles. The Morgan fingerprint density at radius 2 is 2.09 bits per heavy atom. The van der Waals surface area contributed by atoms with Gasteiger partial charge in [0.2, 0.25) is 0 Å². The van der Waals surface area contributed by atoms with Crippen LogP contribution < -0.4 is 5.32 Å². The first kappa shape index (κ1) is 17.5. The van der Waals surface area contributed by atoms with Crippen LogP contribution in [0, 0.1) is 6.92 Å². The lowest BCUT2D eigenvalue weighted by atomic mass is 10.1.